The molecule has 11 rings (SSSR count). The Morgan fingerprint density at radius 2 is 0.405 bits per heavy atom. The van der Waals surface area contributed by atoms with Gasteiger partial charge in [0, 0.05) is 44.6 Å². The molecule has 0 saturated carbocycles. The van der Waals surface area contributed by atoms with E-state index in [0.29, 0.717) is 0 Å². The van der Waals surface area contributed by atoms with E-state index in [1.165, 1.54) is 98.7 Å². The third-order valence-corrected chi connectivity index (χ3v) is 17.6. The molecule has 11 aromatic rings. The average Bonchev–Trinajstić information content (AvgIpc) is 0.740. The number of nitrogens with zero attached hydrogens (tertiary/aromatic N) is 2. The maximum absolute atomic E-state index is 2.57. The Balaban J connectivity index is 1.33. The quantitative estimate of drug-likeness (QED) is 0.111. The molecule has 0 aromatic heterocycles. The van der Waals surface area contributed by atoms with Gasteiger partial charge in [0.1, 0.15) is 0 Å². The molecule has 0 heterocycles. The Labute approximate surface area is 503 Å². The summed E-state index contributed by atoms with van der Waals surface area (Å²) in [5.41, 5.74) is 19.3. The predicted molar refractivity (Wildman–Crippen MR) is 369 cm³/mol. The monoisotopic (exact) mass is 1100 g/mol. The van der Waals surface area contributed by atoms with Gasteiger partial charge in [-0.1, -0.05) is 270 Å². The van der Waals surface area contributed by atoms with E-state index in [-0.39, 0.29) is 32.5 Å². The molecular weight excluding hydrogens is 1010 g/mol. The summed E-state index contributed by atoms with van der Waals surface area (Å²) >= 11 is 0. The van der Waals surface area contributed by atoms with Gasteiger partial charge in [-0.2, -0.15) is 0 Å². The summed E-state index contributed by atoms with van der Waals surface area (Å²) in [5.74, 6) is 0. The van der Waals surface area contributed by atoms with Crippen LogP contribution in [0.4, 0.5) is 34.1 Å². The summed E-state index contributed by atoms with van der Waals surface area (Å²) < 4.78 is 0. The highest BCUT2D eigenvalue weighted by atomic mass is 15.2. The number of hydrogen-bond donors (Lipinski definition) is 0. The molecule has 0 aliphatic carbocycles. The smallest absolute Gasteiger partial charge is 0.0624 e. The van der Waals surface area contributed by atoms with E-state index in [0.717, 1.165) is 34.1 Å². The number of fused-ring (bicyclic) bond motifs is 6. The molecule has 84 heavy (non-hydrogen) atoms. The van der Waals surface area contributed by atoms with Gasteiger partial charge < -0.3 is 9.80 Å². The van der Waals surface area contributed by atoms with Crippen LogP contribution in [0.15, 0.2) is 206 Å². The van der Waals surface area contributed by atoms with Gasteiger partial charge in [0.25, 0.3) is 0 Å². The molecule has 0 aliphatic heterocycles. The molecule has 426 valence electrons. The van der Waals surface area contributed by atoms with Crippen LogP contribution >= 0.6 is 0 Å². The lowest BCUT2D eigenvalue weighted by atomic mass is 9.82. The van der Waals surface area contributed by atoms with Crippen LogP contribution in [0, 0.1) is 0 Å². The Hall–Kier alpha value is -7.94. The Kier molecular flexibility index (Phi) is 14.5. The van der Waals surface area contributed by atoms with E-state index in [9.17, 15) is 0 Å². The minimum Gasteiger partial charge on any atom is -0.309 e. The molecule has 2 heteroatoms. The molecule has 0 amide bonds. The molecule has 0 saturated heterocycles. The van der Waals surface area contributed by atoms with Crippen molar-refractivity contribution in [2.45, 2.75) is 157 Å². The van der Waals surface area contributed by atoms with Crippen LogP contribution in [0.1, 0.15) is 158 Å². The second-order valence-corrected chi connectivity index (χ2v) is 30.0. The van der Waals surface area contributed by atoms with Crippen LogP contribution in [-0.2, 0) is 32.5 Å². The van der Waals surface area contributed by atoms with Gasteiger partial charge in [-0.15, -0.1) is 0 Å². The highest BCUT2D eigenvalue weighted by Crippen LogP contribution is 2.55. The molecule has 2 nitrogen and oxygen atoms in total. The van der Waals surface area contributed by atoms with Crippen molar-refractivity contribution < 1.29 is 0 Å². The van der Waals surface area contributed by atoms with Gasteiger partial charge in [-0.3, -0.25) is 0 Å². The number of hydrogen-bond acceptors (Lipinski definition) is 2. The number of benzene rings is 11. The summed E-state index contributed by atoms with van der Waals surface area (Å²) in [6, 6.07) is 79.9. The Morgan fingerprint density at radius 3 is 0.619 bits per heavy atom. The number of anilines is 6. The normalized spacial score (nSPS) is 12.9. The van der Waals surface area contributed by atoms with Crippen LogP contribution in [0.2, 0.25) is 0 Å². The van der Waals surface area contributed by atoms with Crippen molar-refractivity contribution in [1.29, 1.82) is 0 Å². The van der Waals surface area contributed by atoms with E-state index < -0.39 is 0 Å². The molecule has 0 unspecified atom stereocenters. The molecule has 0 spiro atoms. The summed E-state index contributed by atoms with van der Waals surface area (Å²) in [5, 5.41) is 9.64. The average molecular weight is 1100 g/mol. The third kappa shape index (κ3) is 10.9. The van der Waals surface area contributed by atoms with Gasteiger partial charge in [-0.25, -0.2) is 0 Å². The van der Waals surface area contributed by atoms with Crippen LogP contribution in [0.3, 0.4) is 0 Å². The van der Waals surface area contributed by atoms with Crippen molar-refractivity contribution in [3.63, 3.8) is 0 Å². The van der Waals surface area contributed by atoms with Gasteiger partial charge >= 0.3 is 0 Å². The zero-order valence-corrected chi connectivity index (χ0v) is 53.5. The lowest BCUT2D eigenvalue weighted by Crippen LogP contribution is -2.16. The largest absolute Gasteiger partial charge is 0.309 e. The van der Waals surface area contributed by atoms with Crippen molar-refractivity contribution in [1.82, 2.24) is 0 Å². The summed E-state index contributed by atoms with van der Waals surface area (Å²) in [6.45, 7) is 41.5. The molecule has 0 radical (unpaired) electrons. The third-order valence-electron chi connectivity index (χ3n) is 17.6. The first kappa shape index (κ1) is 57.9. The Bertz CT molecular complexity index is 3820. The second kappa shape index (κ2) is 21.0. The molecule has 0 N–H and O–H groups in total. The molecule has 0 atom stereocenters. The zero-order chi connectivity index (χ0) is 60.1. The minimum absolute atomic E-state index is 0.00466. The van der Waals surface area contributed by atoms with E-state index >= 15 is 0 Å². The van der Waals surface area contributed by atoms with Crippen molar-refractivity contribution in [2.75, 3.05) is 9.80 Å². The van der Waals surface area contributed by atoms with E-state index in [1.807, 2.05) is 0 Å². The second-order valence-electron chi connectivity index (χ2n) is 30.0. The first-order valence-electron chi connectivity index (χ1n) is 30.6. The van der Waals surface area contributed by atoms with Gasteiger partial charge in [-0.05, 0) is 170 Å². The fourth-order valence-corrected chi connectivity index (χ4v) is 12.4. The highest BCUT2D eigenvalue weighted by Gasteiger charge is 2.30. The molecule has 0 aliphatic rings. The number of rotatable bonds is 8. The van der Waals surface area contributed by atoms with Crippen LogP contribution in [0.5, 0.6) is 0 Å². The van der Waals surface area contributed by atoms with E-state index in [2.05, 4.69) is 341 Å². The fraction of sp³-hybridized carbons (Fsp3) is 0.293. The topological polar surface area (TPSA) is 6.48 Å². The lowest BCUT2D eigenvalue weighted by molar-refractivity contribution is 0.590. The summed E-state index contributed by atoms with van der Waals surface area (Å²) in [6.07, 6.45) is 0. The molecule has 0 fully saturated rings. The molecular formula is C82H88N2. The fourth-order valence-electron chi connectivity index (χ4n) is 12.4. The standard InChI is InChI=1S/C82H88N2/c1-77(2,3)55-31-27-53(28-32-55)73-71-51-70-66-24-20-22-26-68(66)76(84(63-47-39-59(40-48-63)81(13,14)15)64-49-41-60(42-50-64)82(16,17)18)74(54-29-33-56(34-30-54)78(4,5)6)72(70)52-69(71)65-23-19-21-25-67(65)75(73)83(61-43-35-57(36-44-61)79(7,8)9)62-45-37-58(38-46-62)80(10,11)12/h19-52H,1-18H3. The van der Waals surface area contributed by atoms with Gasteiger partial charge in [0.05, 0.1) is 11.4 Å². The maximum atomic E-state index is 2.57. The van der Waals surface area contributed by atoms with E-state index in [1.54, 1.807) is 0 Å². The van der Waals surface area contributed by atoms with Crippen LogP contribution < -0.4 is 9.80 Å². The Morgan fingerprint density at radius 1 is 0.202 bits per heavy atom. The van der Waals surface area contributed by atoms with Crippen molar-refractivity contribution in [3.8, 4) is 22.3 Å². The zero-order valence-electron chi connectivity index (χ0n) is 53.5. The van der Waals surface area contributed by atoms with Crippen molar-refractivity contribution >= 4 is 77.2 Å². The molecule has 11 aromatic carbocycles. The highest BCUT2D eigenvalue weighted by molar-refractivity contribution is 6.30. The predicted octanol–water partition coefficient (Wildman–Crippen LogP) is 24.4. The van der Waals surface area contributed by atoms with Gasteiger partial charge in [0.15, 0.2) is 0 Å². The summed E-state index contributed by atoms with van der Waals surface area (Å²) in [7, 11) is 0. The van der Waals surface area contributed by atoms with E-state index in [4.69, 9.17) is 0 Å². The SMILES string of the molecule is CC(C)(C)c1ccc(-c2c(N(c3ccc(C(C)(C)C)cc3)c3ccc(C(C)(C)C)cc3)c3ccccc3c3cc4c(-c5ccc(C(C)(C)C)cc5)c(N(c5ccc(C(C)(C)C)cc5)c5ccc(C(C)(C)C)cc5)c5ccccc5c4cc23)cc1. The van der Waals surface area contributed by atoms with Crippen molar-refractivity contribution in [2.24, 2.45) is 0 Å². The maximum Gasteiger partial charge on any atom is 0.0624 e. The summed E-state index contributed by atoms with van der Waals surface area (Å²) in [4.78, 5) is 5.10. The minimum atomic E-state index is -0.0199. The lowest BCUT2D eigenvalue weighted by Gasteiger charge is -2.33. The van der Waals surface area contributed by atoms with Crippen molar-refractivity contribution in [3.05, 3.63) is 240 Å². The molecule has 0 bridgehead atoms. The van der Waals surface area contributed by atoms with Gasteiger partial charge in [0.2, 0.25) is 0 Å². The van der Waals surface area contributed by atoms with Crippen LogP contribution in [0.25, 0.3) is 65.3 Å². The van der Waals surface area contributed by atoms with Crippen LogP contribution in [-0.4, -0.2) is 0 Å². The first-order valence-corrected chi connectivity index (χ1v) is 30.6. The first-order chi connectivity index (χ1) is 39.5.